The van der Waals surface area contributed by atoms with Gasteiger partial charge < -0.3 is 4.42 Å². The van der Waals surface area contributed by atoms with Gasteiger partial charge in [-0.15, -0.1) is 22.7 Å². The molecule has 0 bridgehead atoms. The van der Waals surface area contributed by atoms with Crippen LogP contribution in [0.25, 0.3) is 117 Å². The first-order chi connectivity index (χ1) is 26.3. The van der Waals surface area contributed by atoms with E-state index in [1.807, 2.05) is 22.7 Å². The van der Waals surface area contributed by atoms with Crippen LogP contribution in [0.3, 0.4) is 0 Å². The Morgan fingerprint density at radius 1 is 0.358 bits per heavy atom. The molecule has 0 saturated carbocycles. The Bertz CT molecular complexity index is 3390. The molecule has 12 rings (SSSR count). The third kappa shape index (κ3) is 4.24. The average Bonchev–Trinajstić information content (AvgIpc) is 3.93. The highest BCUT2D eigenvalue weighted by atomic mass is 32.1. The van der Waals surface area contributed by atoms with E-state index in [4.69, 9.17) is 4.42 Å². The molecule has 3 heteroatoms. The monoisotopic (exact) mass is 708 g/mol. The molecule has 0 amide bonds. The molecule has 3 heterocycles. The smallest absolute Gasteiger partial charge is 0.136 e. The highest BCUT2D eigenvalue weighted by Crippen LogP contribution is 2.51. The summed E-state index contributed by atoms with van der Waals surface area (Å²) in [5.74, 6) is 0. The fraction of sp³-hybridized carbons (Fsp3) is 0. The van der Waals surface area contributed by atoms with Gasteiger partial charge in [-0.2, -0.15) is 0 Å². The van der Waals surface area contributed by atoms with Gasteiger partial charge in [0.25, 0.3) is 0 Å². The second kappa shape index (κ2) is 11.1. The maximum absolute atomic E-state index is 6.44. The minimum Gasteiger partial charge on any atom is -0.456 e. The maximum atomic E-state index is 6.44. The van der Waals surface area contributed by atoms with E-state index >= 15 is 0 Å². The highest BCUT2D eigenvalue weighted by Gasteiger charge is 2.23. The molecule has 3 aromatic heterocycles. The first-order valence-electron chi connectivity index (χ1n) is 18.0. The van der Waals surface area contributed by atoms with Crippen molar-refractivity contribution in [2.45, 2.75) is 0 Å². The summed E-state index contributed by atoms with van der Waals surface area (Å²) >= 11 is 3.82. The first-order valence-corrected chi connectivity index (χ1v) is 19.6. The van der Waals surface area contributed by atoms with Crippen molar-refractivity contribution < 1.29 is 4.42 Å². The molecule has 0 spiro atoms. The van der Waals surface area contributed by atoms with Crippen LogP contribution in [0.5, 0.6) is 0 Å². The van der Waals surface area contributed by atoms with Crippen LogP contribution in [0, 0.1) is 0 Å². The second-order valence-corrected chi connectivity index (χ2v) is 16.1. The summed E-state index contributed by atoms with van der Waals surface area (Å²) in [6.45, 7) is 0. The number of thiophene rings is 2. The van der Waals surface area contributed by atoms with Crippen LogP contribution in [0.1, 0.15) is 0 Å². The van der Waals surface area contributed by atoms with E-state index in [0.717, 1.165) is 16.6 Å². The molecule has 246 valence electrons. The summed E-state index contributed by atoms with van der Waals surface area (Å²) in [7, 11) is 0. The third-order valence-electron chi connectivity index (χ3n) is 11.1. The topological polar surface area (TPSA) is 13.1 Å². The number of hydrogen-bond acceptors (Lipinski definition) is 3. The van der Waals surface area contributed by atoms with Crippen molar-refractivity contribution in [3.63, 3.8) is 0 Å². The third-order valence-corrected chi connectivity index (χ3v) is 13.4. The van der Waals surface area contributed by atoms with E-state index < -0.39 is 0 Å². The van der Waals surface area contributed by atoms with Crippen molar-refractivity contribution >= 4 is 107 Å². The SMILES string of the molecule is c1ccc(-c2cc3c(-c4c5ccccc5c(-c5ccc6oc7ccc8ccccc8c7c6c5)c5ccccc45)cc4sc5ccccc5c4c3s2)cc1. The molecule has 53 heavy (non-hydrogen) atoms. The molecule has 9 aromatic carbocycles. The zero-order valence-electron chi connectivity index (χ0n) is 28.4. The number of fused-ring (bicyclic) bond motifs is 12. The summed E-state index contributed by atoms with van der Waals surface area (Å²) in [6, 6.07) is 62.3. The van der Waals surface area contributed by atoms with E-state index in [0.29, 0.717) is 0 Å². The second-order valence-electron chi connectivity index (χ2n) is 13.9. The lowest BCUT2D eigenvalue weighted by atomic mass is 9.84. The minimum absolute atomic E-state index is 0.913. The summed E-state index contributed by atoms with van der Waals surface area (Å²) in [4.78, 5) is 1.29. The van der Waals surface area contributed by atoms with Crippen LogP contribution in [0.15, 0.2) is 174 Å². The Hall–Kier alpha value is -6.26. The molecule has 12 aromatic rings. The van der Waals surface area contributed by atoms with Gasteiger partial charge in [0.1, 0.15) is 11.2 Å². The van der Waals surface area contributed by atoms with Crippen molar-refractivity contribution in [3.8, 4) is 32.7 Å². The predicted octanol–water partition coefficient (Wildman–Crippen LogP) is 15.6. The normalized spacial score (nSPS) is 12.2. The van der Waals surface area contributed by atoms with Gasteiger partial charge in [0.05, 0.1) is 0 Å². The number of benzene rings is 9. The summed E-state index contributed by atoms with van der Waals surface area (Å²) in [6.07, 6.45) is 0. The lowest BCUT2D eigenvalue weighted by Crippen LogP contribution is -1.91. The van der Waals surface area contributed by atoms with Gasteiger partial charge in [0.15, 0.2) is 0 Å². The molecule has 0 atom stereocenters. The van der Waals surface area contributed by atoms with Crippen molar-refractivity contribution in [3.05, 3.63) is 170 Å². The van der Waals surface area contributed by atoms with Crippen LogP contribution in [-0.2, 0) is 0 Å². The van der Waals surface area contributed by atoms with Crippen LogP contribution >= 0.6 is 22.7 Å². The Balaban J connectivity index is 1.20. The number of rotatable bonds is 3. The Morgan fingerprint density at radius 2 is 1.00 bits per heavy atom. The Morgan fingerprint density at radius 3 is 1.77 bits per heavy atom. The minimum atomic E-state index is 0.913. The average molecular weight is 709 g/mol. The Labute approximate surface area is 312 Å². The molecular formula is C50H28OS2. The summed E-state index contributed by atoms with van der Waals surface area (Å²) in [5, 5.41) is 13.8. The molecule has 0 radical (unpaired) electrons. The number of hydrogen-bond donors (Lipinski definition) is 0. The zero-order chi connectivity index (χ0) is 34.6. The van der Waals surface area contributed by atoms with Gasteiger partial charge in [-0.25, -0.2) is 0 Å². The molecule has 1 nitrogen and oxygen atoms in total. The standard InChI is InChI=1S/C50H28OS2/c1-2-13-30(14-3-1)44-28-39-38(27-45-49(50(39)53-44)37-20-10-11-21-43(37)52-45)47-35-18-8-6-16-33(35)46(34-17-7-9-19-36(34)47)31-23-24-41-40(26-31)48-32-15-5-4-12-29(32)22-25-42(48)51-41/h1-28H. The molecule has 0 aliphatic carbocycles. The predicted molar refractivity (Wildman–Crippen MR) is 231 cm³/mol. The Kier molecular flexibility index (Phi) is 6.15. The fourth-order valence-electron chi connectivity index (χ4n) is 8.77. The van der Waals surface area contributed by atoms with Crippen molar-refractivity contribution in [1.82, 2.24) is 0 Å². The van der Waals surface area contributed by atoms with Crippen molar-refractivity contribution in [2.24, 2.45) is 0 Å². The molecule has 0 N–H and O–H groups in total. The maximum Gasteiger partial charge on any atom is 0.136 e. The van der Waals surface area contributed by atoms with Gasteiger partial charge in [-0.3, -0.25) is 0 Å². The zero-order valence-corrected chi connectivity index (χ0v) is 30.0. The molecule has 0 aliphatic heterocycles. The van der Waals surface area contributed by atoms with E-state index in [2.05, 4.69) is 170 Å². The molecule has 0 saturated heterocycles. The van der Waals surface area contributed by atoms with Crippen LogP contribution < -0.4 is 0 Å². The molecular weight excluding hydrogens is 681 g/mol. The lowest BCUT2D eigenvalue weighted by molar-refractivity contribution is 0.669. The van der Waals surface area contributed by atoms with Crippen LogP contribution in [0.4, 0.5) is 0 Å². The van der Waals surface area contributed by atoms with Gasteiger partial charge in [-0.05, 0) is 96.5 Å². The van der Waals surface area contributed by atoms with Gasteiger partial charge in [0, 0.05) is 45.9 Å². The molecule has 0 unspecified atom stereocenters. The van der Waals surface area contributed by atoms with Crippen molar-refractivity contribution in [2.75, 3.05) is 0 Å². The lowest BCUT2D eigenvalue weighted by Gasteiger charge is -2.18. The van der Waals surface area contributed by atoms with Crippen molar-refractivity contribution in [1.29, 1.82) is 0 Å². The van der Waals surface area contributed by atoms with E-state index in [9.17, 15) is 0 Å². The van der Waals surface area contributed by atoms with Crippen LogP contribution in [0.2, 0.25) is 0 Å². The molecule has 0 fully saturated rings. The highest BCUT2D eigenvalue weighted by molar-refractivity contribution is 7.28. The van der Waals surface area contributed by atoms with E-state index in [1.54, 1.807) is 0 Å². The van der Waals surface area contributed by atoms with E-state index in [1.165, 1.54) is 101 Å². The van der Waals surface area contributed by atoms with Crippen LogP contribution in [-0.4, -0.2) is 0 Å². The number of furan rings is 1. The largest absolute Gasteiger partial charge is 0.456 e. The van der Waals surface area contributed by atoms with Gasteiger partial charge >= 0.3 is 0 Å². The van der Waals surface area contributed by atoms with E-state index in [-0.39, 0.29) is 0 Å². The van der Waals surface area contributed by atoms with Gasteiger partial charge in [-0.1, -0.05) is 133 Å². The fourth-order valence-corrected chi connectivity index (χ4v) is 11.2. The quantitative estimate of drug-likeness (QED) is 0.167. The first kappa shape index (κ1) is 29.3. The van der Waals surface area contributed by atoms with Gasteiger partial charge in [0.2, 0.25) is 0 Å². The molecule has 0 aliphatic rings. The summed E-state index contributed by atoms with van der Waals surface area (Å²) in [5.41, 5.74) is 8.13. The summed E-state index contributed by atoms with van der Waals surface area (Å²) < 4.78 is 10.5.